The number of nitrogens with one attached hydrogen (secondary N) is 1. The van der Waals surface area contributed by atoms with Crippen molar-refractivity contribution in [2.24, 2.45) is 0 Å². The molecule has 7 heteroatoms. The lowest BCUT2D eigenvalue weighted by Crippen LogP contribution is -2.40. The Morgan fingerprint density at radius 2 is 1.73 bits per heavy atom. The van der Waals surface area contributed by atoms with E-state index in [9.17, 15) is 13.2 Å². The molecule has 0 atom stereocenters. The molecule has 1 amide bonds. The number of nitrogens with zero attached hydrogens (tertiary/aromatic N) is 1. The van der Waals surface area contributed by atoms with Crippen LogP contribution in [-0.4, -0.2) is 37.9 Å². The molecule has 0 saturated carbocycles. The summed E-state index contributed by atoms with van der Waals surface area (Å²) in [6, 6.07) is 2.73. The van der Waals surface area contributed by atoms with Gasteiger partial charge in [-0.05, 0) is 45.7 Å². The number of carbonyl (C=O) groups is 1. The van der Waals surface area contributed by atoms with Gasteiger partial charge in [0, 0.05) is 18.6 Å². The third kappa shape index (κ3) is 5.14. The van der Waals surface area contributed by atoms with E-state index in [1.54, 1.807) is 25.7 Å². The molecular weight excluding hydrogens is 304 g/mol. The van der Waals surface area contributed by atoms with Crippen molar-refractivity contribution in [2.75, 3.05) is 13.1 Å². The summed E-state index contributed by atoms with van der Waals surface area (Å²) in [6.45, 7) is 10.4. The van der Waals surface area contributed by atoms with Gasteiger partial charge in [0.2, 0.25) is 5.09 Å². The summed E-state index contributed by atoms with van der Waals surface area (Å²) >= 11 is 0. The number of hydrogen-bond acceptors (Lipinski definition) is 4. The Morgan fingerprint density at radius 1 is 1.18 bits per heavy atom. The average Bonchev–Trinajstić information content (AvgIpc) is 2.85. The molecule has 0 aromatic carbocycles. The van der Waals surface area contributed by atoms with Gasteiger partial charge in [-0.3, -0.25) is 4.79 Å². The quantitative estimate of drug-likeness (QED) is 0.833. The van der Waals surface area contributed by atoms with Crippen LogP contribution in [0, 0.1) is 0 Å². The van der Waals surface area contributed by atoms with Crippen LogP contribution < -0.4 is 4.72 Å². The molecule has 0 bridgehead atoms. The van der Waals surface area contributed by atoms with E-state index in [0.717, 1.165) is 12.8 Å². The SMILES string of the molecule is CCCN(CCC)C(=O)c1ccc(S(=O)(=O)NC(C)(C)C)o1. The standard InChI is InChI=1S/C15H26N2O4S/c1-6-10-17(11-7-2)14(18)12-8-9-13(21-12)22(19,20)16-15(3,4)5/h8-9,16H,6-7,10-11H2,1-5H3. The summed E-state index contributed by atoms with van der Waals surface area (Å²) in [4.78, 5) is 14.0. The molecule has 0 unspecified atom stereocenters. The smallest absolute Gasteiger partial charge is 0.289 e. The summed E-state index contributed by atoms with van der Waals surface area (Å²) in [6.07, 6.45) is 1.67. The van der Waals surface area contributed by atoms with Gasteiger partial charge in [0.1, 0.15) is 0 Å². The van der Waals surface area contributed by atoms with Gasteiger partial charge < -0.3 is 9.32 Å². The van der Waals surface area contributed by atoms with Crippen LogP contribution in [0.5, 0.6) is 0 Å². The molecule has 0 aliphatic rings. The zero-order chi connectivity index (χ0) is 17.0. The molecule has 1 heterocycles. The van der Waals surface area contributed by atoms with E-state index in [0.29, 0.717) is 13.1 Å². The largest absolute Gasteiger partial charge is 0.438 e. The van der Waals surface area contributed by atoms with Crippen molar-refractivity contribution in [3.63, 3.8) is 0 Å². The number of hydrogen-bond donors (Lipinski definition) is 1. The van der Waals surface area contributed by atoms with Crippen molar-refractivity contribution in [1.82, 2.24) is 9.62 Å². The summed E-state index contributed by atoms with van der Waals surface area (Å²) in [5.74, 6) is -0.225. The number of amides is 1. The lowest BCUT2D eigenvalue weighted by atomic mass is 10.1. The van der Waals surface area contributed by atoms with E-state index in [2.05, 4.69) is 4.72 Å². The van der Waals surface area contributed by atoms with E-state index in [-0.39, 0.29) is 16.8 Å². The first-order chi connectivity index (χ1) is 10.1. The number of rotatable bonds is 7. The third-order valence-corrected chi connectivity index (χ3v) is 4.40. The van der Waals surface area contributed by atoms with Gasteiger partial charge >= 0.3 is 0 Å². The van der Waals surface area contributed by atoms with Crippen molar-refractivity contribution in [3.8, 4) is 0 Å². The predicted octanol–water partition coefficient (Wildman–Crippen LogP) is 2.62. The Bertz CT molecular complexity index is 593. The summed E-state index contributed by atoms with van der Waals surface area (Å²) < 4.78 is 32.1. The molecule has 0 fully saturated rings. The molecule has 0 spiro atoms. The third-order valence-electron chi connectivity index (χ3n) is 2.77. The van der Waals surface area contributed by atoms with Gasteiger partial charge in [0.05, 0.1) is 0 Å². The van der Waals surface area contributed by atoms with Crippen LogP contribution in [0.1, 0.15) is 58.0 Å². The Labute approximate surface area is 132 Å². The molecule has 126 valence electrons. The maximum atomic E-state index is 12.4. The minimum atomic E-state index is -3.77. The molecule has 0 radical (unpaired) electrons. The van der Waals surface area contributed by atoms with E-state index in [1.807, 2.05) is 13.8 Å². The molecular formula is C15H26N2O4S. The van der Waals surface area contributed by atoms with E-state index < -0.39 is 15.6 Å². The van der Waals surface area contributed by atoms with Gasteiger partial charge in [0.25, 0.3) is 15.9 Å². The first-order valence-corrected chi connectivity index (χ1v) is 9.02. The first kappa shape index (κ1) is 18.7. The Balaban J connectivity index is 2.98. The van der Waals surface area contributed by atoms with E-state index in [4.69, 9.17) is 4.42 Å². The fourth-order valence-corrected chi connectivity index (χ4v) is 3.40. The van der Waals surface area contributed by atoms with Crippen LogP contribution in [0.3, 0.4) is 0 Å². The fraction of sp³-hybridized carbons (Fsp3) is 0.667. The highest BCUT2D eigenvalue weighted by Crippen LogP contribution is 2.18. The highest BCUT2D eigenvalue weighted by molar-refractivity contribution is 7.89. The number of carbonyl (C=O) groups excluding carboxylic acids is 1. The second-order valence-electron chi connectivity index (χ2n) is 6.27. The molecule has 6 nitrogen and oxygen atoms in total. The molecule has 1 rings (SSSR count). The summed E-state index contributed by atoms with van der Waals surface area (Å²) in [5, 5.41) is -0.237. The number of sulfonamides is 1. The van der Waals surface area contributed by atoms with Crippen molar-refractivity contribution in [3.05, 3.63) is 17.9 Å². The average molecular weight is 330 g/mol. The van der Waals surface area contributed by atoms with Crippen LogP contribution in [0.2, 0.25) is 0 Å². The molecule has 0 aliphatic carbocycles. The van der Waals surface area contributed by atoms with E-state index >= 15 is 0 Å². The summed E-state index contributed by atoms with van der Waals surface area (Å²) in [5.41, 5.74) is -0.619. The zero-order valence-corrected chi connectivity index (χ0v) is 14.8. The molecule has 1 aromatic heterocycles. The second kappa shape index (κ2) is 7.28. The maximum Gasteiger partial charge on any atom is 0.289 e. The zero-order valence-electron chi connectivity index (χ0n) is 14.0. The van der Waals surface area contributed by atoms with Crippen molar-refractivity contribution in [2.45, 2.75) is 58.1 Å². The lowest BCUT2D eigenvalue weighted by Gasteiger charge is -2.20. The van der Waals surface area contributed by atoms with Crippen LogP contribution in [0.4, 0.5) is 0 Å². The van der Waals surface area contributed by atoms with Crippen LogP contribution in [-0.2, 0) is 10.0 Å². The summed E-state index contributed by atoms with van der Waals surface area (Å²) in [7, 11) is -3.77. The maximum absolute atomic E-state index is 12.4. The monoisotopic (exact) mass is 330 g/mol. The Morgan fingerprint density at radius 3 is 2.18 bits per heavy atom. The Kier molecular flexibility index (Phi) is 6.19. The Hall–Kier alpha value is -1.34. The highest BCUT2D eigenvalue weighted by atomic mass is 32.2. The minimum Gasteiger partial charge on any atom is -0.438 e. The minimum absolute atomic E-state index is 0.0520. The first-order valence-electron chi connectivity index (χ1n) is 7.53. The second-order valence-corrected chi connectivity index (χ2v) is 7.88. The molecule has 1 N–H and O–H groups in total. The van der Waals surface area contributed by atoms with Crippen molar-refractivity contribution >= 4 is 15.9 Å². The fourth-order valence-electron chi connectivity index (χ4n) is 2.04. The van der Waals surface area contributed by atoms with Crippen LogP contribution in [0.15, 0.2) is 21.6 Å². The highest BCUT2D eigenvalue weighted by Gasteiger charge is 2.27. The molecule has 1 aromatic rings. The van der Waals surface area contributed by atoms with Crippen LogP contribution >= 0.6 is 0 Å². The van der Waals surface area contributed by atoms with Gasteiger partial charge in [-0.25, -0.2) is 13.1 Å². The normalized spacial score (nSPS) is 12.4. The van der Waals surface area contributed by atoms with Crippen molar-refractivity contribution in [1.29, 1.82) is 0 Å². The lowest BCUT2D eigenvalue weighted by molar-refractivity contribution is 0.0717. The molecule has 0 aliphatic heterocycles. The van der Waals surface area contributed by atoms with E-state index in [1.165, 1.54) is 12.1 Å². The molecule has 22 heavy (non-hydrogen) atoms. The predicted molar refractivity (Wildman–Crippen MR) is 85.3 cm³/mol. The van der Waals surface area contributed by atoms with Crippen LogP contribution in [0.25, 0.3) is 0 Å². The van der Waals surface area contributed by atoms with Gasteiger partial charge in [-0.15, -0.1) is 0 Å². The van der Waals surface area contributed by atoms with Crippen molar-refractivity contribution < 1.29 is 17.6 Å². The van der Waals surface area contributed by atoms with Gasteiger partial charge in [-0.2, -0.15) is 0 Å². The van der Waals surface area contributed by atoms with Gasteiger partial charge in [-0.1, -0.05) is 13.8 Å². The number of furan rings is 1. The molecule has 0 saturated heterocycles. The van der Waals surface area contributed by atoms with Gasteiger partial charge in [0.15, 0.2) is 5.76 Å². The topological polar surface area (TPSA) is 79.6 Å².